The fraction of sp³-hybridized carbons (Fsp3) is 0.118. The minimum Gasteiger partial charge on any atom is -0.300 e. The average molecular weight is 394 g/mol. The van der Waals surface area contributed by atoms with E-state index in [1.165, 1.54) is 29.0 Å². The lowest BCUT2D eigenvalue weighted by atomic mass is 10.1. The van der Waals surface area contributed by atoms with Gasteiger partial charge in [-0.1, -0.05) is 71.1 Å². The maximum Gasteiger partial charge on any atom is 0.230 e. The van der Waals surface area contributed by atoms with Gasteiger partial charge in [0.25, 0.3) is 0 Å². The van der Waals surface area contributed by atoms with Gasteiger partial charge < -0.3 is 5.32 Å². The third-order valence-corrected chi connectivity index (χ3v) is 5.65. The topological polar surface area (TPSA) is 54.9 Å². The number of carbonyl (C=O) groups is 1. The Morgan fingerprint density at radius 1 is 1.16 bits per heavy atom. The molecular weight excluding hydrogens is 381 g/mol. The normalized spacial score (nSPS) is 10.6. The summed E-state index contributed by atoms with van der Waals surface area (Å²) in [6.45, 7) is 0. The van der Waals surface area contributed by atoms with Crippen molar-refractivity contribution in [3.05, 3.63) is 70.5 Å². The van der Waals surface area contributed by atoms with Crippen LogP contribution in [0, 0.1) is 5.82 Å². The summed E-state index contributed by atoms with van der Waals surface area (Å²) in [7, 11) is 0. The van der Waals surface area contributed by atoms with Gasteiger partial charge >= 0.3 is 0 Å². The number of hydrogen-bond acceptors (Lipinski definition) is 5. The monoisotopic (exact) mass is 393 g/mol. The van der Waals surface area contributed by atoms with Gasteiger partial charge in [-0.05, 0) is 17.7 Å². The van der Waals surface area contributed by atoms with Crippen molar-refractivity contribution in [2.45, 2.75) is 16.5 Å². The van der Waals surface area contributed by atoms with E-state index in [1.807, 2.05) is 30.3 Å². The quantitative estimate of drug-likeness (QED) is 0.482. The van der Waals surface area contributed by atoms with E-state index in [0.29, 0.717) is 5.13 Å². The van der Waals surface area contributed by atoms with Gasteiger partial charge in [0.05, 0.1) is 6.42 Å². The lowest BCUT2D eigenvalue weighted by Gasteiger charge is -2.05. The zero-order valence-corrected chi connectivity index (χ0v) is 15.3. The molecule has 8 heteroatoms. The van der Waals surface area contributed by atoms with Crippen molar-refractivity contribution in [2.24, 2.45) is 0 Å². The maximum atomic E-state index is 13.7. The molecule has 25 heavy (non-hydrogen) atoms. The molecule has 2 aromatic carbocycles. The summed E-state index contributed by atoms with van der Waals surface area (Å²) in [6.07, 6.45) is -0.155. The second-order valence-electron chi connectivity index (χ2n) is 5.07. The number of nitrogens with one attached hydrogen (secondary N) is 1. The van der Waals surface area contributed by atoms with Crippen molar-refractivity contribution in [1.29, 1.82) is 0 Å². The smallest absolute Gasteiger partial charge is 0.230 e. The van der Waals surface area contributed by atoms with Crippen LogP contribution in [0.2, 0.25) is 5.02 Å². The van der Waals surface area contributed by atoms with Crippen LogP contribution in [-0.2, 0) is 17.0 Å². The van der Waals surface area contributed by atoms with Crippen molar-refractivity contribution < 1.29 is 9.18 Å². The molecule has 1 heterocycles. The number of nitrogens with zero attached hydrogens (tertiary/aromatic N) is 2. The molecule has 0 saturated carbocycles. The van der Waals surface area contributed by atoms with Gasteiger partial charge in [-0.25, -0.2) is 4.39 Å². The summed E-state index contributed by atoms with van der Waals surface area (Å²) in [5.41, 5.74) is 1.35. The second-order valence-corrected chi connectivity index (χ2v) is 7.68. The van der Waals surface area contributed by atoms with Crippen LogP contribution in [-0.4, -0.2) is 16.1 Å². The molecule has 1 aromatic heterocycles. The predicted octanol–water partition coefficient (Wildman–Crippen LogP) is 4.80. The molecule has 0 aliphatic rings. The molecule has 1 N–H and O–H groups in total. The highest BCUT2D eigenvalue weighted by Crippen LogP contribution is 2.28. The molecule has 4 nitrogen and oxygen atoms in total. The van der Waals surface area contributed by atoms with E-state index in [2.05, 4.69) is 15.5 Å². The molecule has 0 atom stereocenters. The summed E-state index contributed by atoms with van der Waals surface area (Å²) in [4.78, 5) is 12.1. The highest BCUT2D eigenvalue weighted by Gasteiger charge is 2.14. The summed E-state index contributed by atoms with van der Waals surface area (Å²) in [5.74, 6) is -0.115. The minimum absolute atomic E-state index is 0.155. The first-order valence-corrected chi connectivity index (χ1v) is 9.53. The number of rotatable bonds is 6. The van der Waals surface area contributed by atoms with Crippen LogP contribution in [0.1, 0.15) is 11.1 Å². The van der Waals surface area contributed by atoms with Crippen LogP contribution in [0.25, 0.3) is 0 Å². The number of carbonyl (C=O) groups excluding carboxylic acids is 1. The molecule has 1 amide bonds. The molecule has 0 spiro atoms. The average Bonchev–Trinajstić information content (AvgIpc) is 3.05. The molecule has 0 bridgehead atoms. The Morgan fingerprint density at radius 2 is 1.96 bits per heavy atom. The Labute approximate surface area is 157 Å². The van der Waals surface area contributed by atoms with E-state index in [-0.39, 0.29) is 22.9 Å². The van der Waals surface area contributed by atoms with E-state index in [0.717, 1.165) is 10.1 Å². The second kappa shape index (κ2) is 8.42. The van der Waals surface area contributed by atoms with Crippen molar-refractivity contribution in [1.82, 2.24) is 10.2 Å². The Kier molecular flexibility index (Phi) is 6.01. The zero-order valence-electron chi connectivity index (χ0n) is 12.9. The van der Waals surface area contributed by atoms with Crippen LogP contribution in [0.3, 0.4) is 0 Å². The lowest BCUT2D eigenvalue weighted by molar-refractivity contribution is -0.115. The first-order valence-electron chi connectivity index (χ1n) is 7.35. The molecule has 128 valence electrons. The van der Waals surface area contributed by atoms with Gasteiger partial charge in [0.2, 0.25) is 11.0 Å². The Hall–Kier alpha value is -1.96. The summed E-state index contributed by atoms with van der Waals surface area (Å²) in [6, 6.07) is 14.3. The summed E-state index contributed by atoms with van der Waals surface area (Å²) in [5, 5.41) is 11.2. The lowest BCUT2D eigenvalue weighted by Crippen LogP contribution is -2.15. The van der Waals surface area contributed by atoms with Gasteiger partial charge in [-0.2, -0.15) is 0 Å². The molecular formula is C17H13ClFN3OS2. The van der Waals surface area contributed by atoms with Crippen LogP contribution < -0.4 is 5.32 Å². The minimum atomic E-state index is -0.501. The first kappa shape index (κ1) is 17.8. The van der Waals surface area contributed by atoms with Gasteiger partial charge in [-0.3, -0.25) is 4.79 Å². The van der Waals surface area contributed by atoms with Crippen LogP contribution >= 0.6 is 34.7 Å². The standard InChI is InChI=1S/C17H13ClFN3OS2/c18-13-7-4-8-14(19)12(13)9-15(23)20-16-21-22-17(25-16)24-10-11-5-2-1-3-6-11/h1-8H,9-10H2,(H,20,21,23). The van der Waals surface area contributed by atoms with E-state index in [1.54, 1.807) is 17.8 Å². The molecule has 0 unspecified atom stereocenters. The van der Waals surface area contributed by atoms with E-state index < -0.39 is 5.82 Å². The van der Waals surface area contributed by atoms with Crippen molar-refractivity contribution in [2.75, 3.05) is 5.32 Å². The number of thioether (sulfide) groups is 1. The van der Waals surface area contributed by atoms with Gasteiger partial charge in [0.1, 0.15) is 5.82 Å². The fourth-order valence-corrected chi connectivity index (χ4v) is 4.02. The number of halogens is 2. The third kappa shape index (κ3) is 5.01. The molecule has 0 saturated heterocycles. The van der Waals surface area contributed by atoms with Crippen molar-refractivity contribution in [3.8, 4) is 0 Å². The number of aromatic nitrogens is 2. The zero-order chi connectivity index (χ0) is 17.6. The highest BCUT2D eigenvalue weighted by molar-refractivity contribution is 8.00. The molecule has 3 aromatic rings. The maximum absolute atomic E-state index is 13.7. The van der Waals surface area contributed by atoms with Crippen LogP contribution in [0.15, 0.2) is 52.9 Å². The molecule has 3 rings (SSSR count). The molecule has 0 fully saturated rings. The number of anilines is 1. The van der Waals surface area contributed by atoms with Gasteiger partial charge in [0, 0.05) is 16.3 Å². The van der Waals surface area contributed by atoms with E-state index in [4.69, 9.17) is 11.6 Å². The summed E-state index contributed by atoms with van der Waals surface area (Å²) < 4.78 is 14.5. The Morgan fingerprint density at radius 3 is 2.72 bits per heavy atom. The van der Waals surface area contributed by atoms with Gasteiger partial charge in [0.15, 0.2) is 4.34 Å². The van der Waals surface area contributed by atoms with Crippen molar-refractivity contribution in [3.63, 3.8) is 0 Å². The fourth-order valence-electron chi connectivity index (χ4n) is 2.06. The number of hydrogen-bond donors (Lipinski definition) is 1. The number of benzene rings is 2. The molecule has 0 aliphatic heterocycles. The summed E-state index contributed by atoms with van der Waals surface area (Å²) >= 11 is 8.76. The largest absolute Gasteiger partial charge is 0.300 e. The van der Waals surface area contributed by atoms with E-state index >= 15 is 0 Å². The molecule has 0 aliphatic carbocycles. The van der Waals surface area contributed by atoms with Gasteiger partial charge in [-0.15, -0.1) is 10.2 Å². The Bertz CT molecular complexity index is 853. The van der Waals surface area contributed by atoms with Crippen LogP contribution in [0.5, 0.6) is 0 Å². The Balaban J connectivity index is 1.56. The highest BCUT2D eigenvalue weighted by atomic mass is 35.5. The predicted molar refractivity (Wildman–Crippen MR) is 99.7 cm³/mol. The van der Waals surface area contributed by atoms with Crippen LogP contribution in [0.4, 0.5) is 9.52 Å². The number of amides is 1. The first-order chi connectivity index (χ1) is 12.1. The molecule has 0 radical (unpaired) electrons. The SMILES string of the molecule is O=C(Cc1c(F)cccc1Cl)Nc1nnc(SCc2ccccc2)s1. The van der Waals surface area contributed by atoms with Crippen molar-refractivity contribution >= 4 is 45.7 Å². The third-order valence-electron chi connectivity index (χ3n) is 3.26. The van der Waals surface area contributed by atoms with E-state index in [9.17, 15) is 9.18 Å².